The second kappa shape index (κ2) is 4.17. The van der Waals surface area contributed by atoms with Gasteiger partial charge in [0.15, 0.2) is 5.96 Å². The summed E-state index contributed by atoms with van der Waals surface area (Å²) < 4.78 is 0.630. The molecule has 1 rings (SSSR count). The molecule has 13 heavy (non-hydrogen) atoms. The molecule has 0 aliphatic heterocycles. The molecule has 6 heteroatoms. The molecule has 70 valence electrons. The van der Waals surface area contributed by atoms with Gasteiger partial charge in [0.25, 0.3) is 0 Å². The Bertz CT molecular complexity index is 338. The van der Waals surface area contributed by atoms with Gasteiger partial charge in [0.05, 0.1) is 20.2 Å². The molecule has 0 aliphatic carbocycles. The predicted molar refractivity (Wildman–Crippen MR) is 59.6 cm³/mol. The zero-order chi connectivity index (χ0) is 10.0. The first-order valence-electron chi connectivity index (χ1n) is 3.25. The van der Waals surface area contributed by atoms with Crippen molar-refractivity contribution in [2.75, 3.05) is 0 Å². The van der Waals surface area contributed by atoms with Crippen LogP contribution in [-0.4, -0.2) is 5.96 Å². The Kier molecular flexibility index (Phi) is 3.41. The fourth-order valence-electron chi connectivity index (χ4n) is 0.756. The molecule has 0 heterocycles. The van der Waals surface area contributed by atoms with Gasteiger partial charge in [-0.2, -0.15) is 0 Å². The zero-order valence-corrected chi connectivity index (χ0v) is 9.49. The fraction of sp³-hybridized carbons (Fsp3) is 0. The molecule has 3 nitrogen and oxygen atoms in total. The molecular formula is C7H6BrCl2N3. The van der Waals surface area contributed by atoms with E-state index in [4.69, 9.17) is 34.7 Å². The second-order valence-corrected chi connectivity index (χ2v) is 3.87. The van der Waals surface area contributed by atoms with Crippen molar-refractivity contribution in [2.24, 2.45) is 16.5 Å². The Morgan fingerprint density at radius 1 is 1.23 bits per heavy atom. The highest BCUT2D eigenvalue weighted by atomic mass is 79.9. The molecule has 0 atom stereocenters. The highest BCUT2D eigenvalue weighted by molar-refractivity contribution is 9.10. The summed E-state index contributed by atoms with van der Waals surface area (Å²) in [7, 11) is 0. The summed E-state index contributed by atoms with van der Waals surface area (Å²) in [5, 5.41) is 0.931. The van der Waals surface area contributed by atoms with Gasteiger partial charge >= 0.3 is 0 Å². The Labute approximate surface area is 93.8 Å². The van der Waals surface area contributed by atoms with E-state index in [2.05, 4.69) is 20.9 Å². The smallest absolute Gasteiger partial charge is 0.191 e. The number of halogens is 3. The first-order chi connectivity index (χ1) is 6.00. The maximum atomic E-state index is 5.82. The number of nitrogens with zero attached hydrogens (tertiary/aromatic N) is 1. The molecule has 0 bridgehead atoms. The van der Waals surface area contributed by atoms with E-state index in [1.807, 2.05) is 0 Å². The largest absolute Gasteiger partial charge is 0.370 e. The summed E-state index contributed by atoms with van der Waals surface area (Å²) in [5.74, 6) is -0.0329. The van der Waals surface area contributed by atoms with Crippen LogP contribution in [0.1, 0.15) is 0 Å². The lowest BCUT2D eigenvalue weighted by Crippen LogP contribution is -2.21. The summed E-state index contributed by atoms with van der Waals surface area (Å²) in [4.78, 5) is 3.80. The molecule has 0 spiro atoms. The topological polar surface area (TPSA) is 64.4 Å². The molecule has 1 aromatic carbocycles. The molecule has 0 saturated heterocycles. The highest BCUT2D eigenvalue weighted by Gasteiger charge is 2.04. The van der Waals surface area contributed by atoms with Crippen LogP contribution in [0.2, 0.25) is 10.0 Å². The number of hydrogen-bond donors (Lipinski definition) is 2. The quantitative estimate of drug-likeness (QED) is 0.472. The van der Waals surface area contributed by atoms with Crippen molar-refractivity contribution < 1.29 is 0 Å². The number of aliphatic imine (C=N–C) groups is 1. The van der Waals surface area contributed by atoms with Crippen LogP contribution >= 0.6 is 39.1 Å². The first-order valence-corrected chi connectivity index (χ1v) is 4.80. The standard InChI is InChI=1S/C7H6BrCl2N3/c8-6-4(9)1-3(2-5(6)10)13-7(11)12/h1-2H,(H4,11,12,13). The van der Waals surface area contributed by atoms with E-state index in [0.29, 0.717) is 20.2 Å². The van der Waals surface area contributed by atoms with E-state index in [0.717, 1.165) is 0 Å². The summed E-state index contributed by atoms with van der Waals surface area (Å²) in [6.07, 6.45) is 0. The fourth-order valence-corrected chi connectivity index (χ4v) is 1.46. The van der Waals surface area contributed by atoms with Gasteiger partial charge < -0.3 is 11.5 Å². The van der Waals surface area contributed by atoms with Crippen LogP contribution in [0.15, 0.2) is 21.6 Å². The third kappa shape index (κ3) is 2.76. The van der Waals surface area contributed by atoms with Crippen molar-refractivity contribution in [3.05, 3.63) is 26.7 Å². The molecule has 1 aromatic rings. The third-order valence-electron chi connectivity index (χ3n) is 1.23. The van der Waals surface area contributed by atoms with E-state index >= 15 is 0 Å². The van der Waals surface area contributed by atoms with Gasteiger partial charge in [-0.25, -0.2) is 4.99 Å². The first kappa shape index (κ1) is 10.6. The Hall–Kier alpha value is -0.450. The molecule has 0 unspecified atom stereocenters. The molecule has 0 amide bonds. The molecule has 0 saturated carbocycles. The van der Waals surface area contributed by atoms with E-state index in [1.54, 1.807) is 12.1 Å². The lowest BCUT2D eigenvalue weighted by atomic mass is 10.3. The monoisotopic (exact) mass is 281 g/mol. The van der Waals surface area contributed by atoms with Gasteiger partial charge in [-0.1, -0.05) is 23.2 Å². The van der Waals surface area contributed by atoms with Gasteiger partial charge in [-0.15, -0.1) is 0 Å². The van der Waals surface area contributed by atoms with Crippen LogP contribution in [0.5, 0.6) is 0 Å². The summed E-state index contributed by atoms with van der Waals surface area (Å²) >= 11 is 14.8. The van der Waals surface area contributed by atoms with Crippen LogP contribution in [0.4, 0.5) is 5.69 Å². The highest BCUT2D eigenvalue weighted by Crippen LogP contribution is 2.34. The minimum absolute atomic E-state index is 0.0329. The number of hydrogen-bond acceptors (Lipinski definition) is 1. The van der Waals surface area contributed by atoms with Crippen molar-refractivity contribution in [3.8, 4) is 0 Å². The number of benzene rings is 1. The minimum Gasteiger partial charge on any atom is -0.370 e. The molecule has 0 fully saturated rings. The van der Waals surface area contributed by atoms with Crippen LogP contribution < -0.4 is 11.5 Å². The number of rotatable bonds is 1. The zero-order valence-electron chi connectivity index (χ0n) is 6.39. The van der Waals surface area contributed by atoms with E-state index < -0.39 is 0 Å². The third-order valence-corrected chi connectivity index (χ3v) is 3.13. The van der Waals surface area contributed by atoms with Gasteiger partial charge in [0.1, 0.15) is 0 Å². The van der Waals surface area contributed by atoms with Crippen LogP contribution in [0.25, 0.3) is 0 Å². The van der Waals surface area contributed by atoms with Gasteiger partial charge in [-0.3, -0.25) is 0 Å². The van der Waals surface area contributed by atoms with Crippen molar-refractivity contribution in [3.63, 3.8) is 0 Å². The lowest BCUT2D eigenvalue weighted by Gasteiger charge is -2.01. The maximum absolute atomic E-state index is 5.82. The Morgan fingerprint density at radius 3 is 2.08 bits per heavy atom. The normalized spacial score (nSPS) is 9.77. The summed E-state index contributed by atoms with van der Waals surface area (Å²) in [6, 6.07) is 3.22. The van der Waals surface area contributed by atoms with E-state index in [-0.39, 0.29) is 5.96 Å². The average molecular weight is 283 g/mol. The molecule has 0 aliphatic rings. The molecule has 0 radical (unpaired) electrons. The molecular weight excluding hydrogens is 277 g/mol. The number of guanidine groups is 1. The molecule has 0 aromatic heterocycles. The van der Waals surface area contributed by atoms with Gasteiger partial charge in [-0.05, 0) is 28.1 Å². The SMILES string of the molecule is NC(N)=Nc1cc(Cl)c(Br)c(Cl)c1. The summed E-state index contributed by atoms with van der Waals surface area (Å²) in [6.45, 7) is 0. The van der Waals surface area contributed by atoms with Crippen molar-refractivity contribution >= 4 is 50.8 Å². The van der Waals surface area contributed by atoms with Gasteiger partial charge in [0, 0.05) is 0 Å². The van der Waals surface area contributed by atoms with Crippen LogP contribution in [0.3, 0.4) is 0 Å². The predicted octanol–water partition coefficient (Wildman–Crippen LogP) is 2.66. The van der Waals surface area contributed by atoms with Crippen LogP contribution in [0, 0.1) is 0 Å². The average Bonchev–Trinajstić information content (AvgIpc) is 1.98. The van der Waals surface area contributed by atoms with E-state index in [9.17, 15) is 0 Å². The van der Waals surface area contributed by atoms with Crippen molar-refractivity contribution in [2.45, 2.75) is 0 Å². The summed E-state index contributed by atoms with van der Waals surface area (Å²) in [5.41, 5.74) is 10.9. The Balaban J connectivity index is 3.21. The number of nitrogens with two attached hydrogens (primary N) is 2. The minimum atomic E-state index is -0.0329. The maximum Gasteiger partial charge on any atom is 0.191 e. The van der Waals surface area contributed by atoms with Crippen molar-refractivity contribution in [1.29, 1.82) is 0 Å². The van der Waals surface area contributed by atoms with E-state index in [1.165, 1.54) is 0 Å². The van der Waals surface area contributed by atoms with Gasteiger partial charge in [0.2, 0.25) is 0 Å². The molecule has 4 N–H and O–H groups in total. The van der Waals surface area contributed by atoms with Crippen molar-refractivity contribution in [1.82, 2.24) is 0 Å². The lowest BCUT2D eigenvalue weighted by molar-refractivity contribution is 1.42. The Morgan fingerprint density at radius 2 is 1.69 bits per heavy atom. The van der Waals surface area contributed by atoms with Crippen LogP contribution in [-0.2, 0) is 0 Å². The second-order valence-electron chi connectivity index (χ2n) is 2.26.